The summed E-state index contributed by atoms with van der Waals surface area (Å²) in [5.74, 6) is -0.739. The first-order chi connectivity index (χ1) is 9.20. The molecule has 3 rings (SSSR count). The zero-order valence-electron chi connectivity index (χ0n) is 10.5. The van der Waals surface area contributed by atoms with Crippen LogP contribution in [0.1, 0.15) is 47.7 Å². The molecule has 0 atom stereocenters. The van der Waals surface area contributed by atoms with E-state index in [1.54, 1.807) is 6.20 Å². The van der Waals surface area contributed by atoms with Gasteiger partial charge in [0, 0.05) is 5.56 Å². The van der Waals surface area contributed by atoms with Gasteiger partial charge in [0.1, 0.15) is 5.52 Å². The van der Waals surface area contributed by atoms with Crippen molar-refractivity contribution in [3.05, 3.63) is 17.5 Å². The summed E-state index contributed by atoms with van der Waals surface area (Å²) < 4.78 is 5.44. The first-order valence-electron chi connectivity index (χ1n) is 6.27. The van der Waals surface area contributed by atoms with E-state index in [2.05, 4.69) is 9.97 Å². The molecule has 0 saturated heterocycles. The maximum Gasteiger partial charge on any atom is 0.372 e. The molecule has 0 spiro atoms. The molecule has 2 heterocycles. The Morgan fingerprint density at radius 3 is 2.84 bits per heavy atom. The minimum Gasteiger partial charge on any atom is -0.475 e. The molecule has 0 aliphatic heterocycles. The number of furan rings is 1. The molecule has 1 fully saturated rings. The van der Waals surface area contributed by atoms with Gasteiger partial charge < -0.3 is 9.52 Å². The molecule has 1 aliphatic rings. The van der Waals surface area contributed by atoms with Crippen LogP contribution in [0, 0.1) is 0 Å². The molecule has 1 N–H and O–H groups in total. The van der Waals surface area contributed by atoms with Crippen molar-refractivity contribution in [1.29, 1.82) is 0 Å². The van der Waals surface area contributed by atoms with Crippen LogP contribution in [0.3, 0.4) is 0 Å². The minimum atomic E-state index is -1.02. The number of hydrogen-bond acceptors (Lipinski definition) is 5. The molecular weight excluding hydrogens is 264 g/mol. The summed E-state index contributed by atoms with van der Waals surface area (Å²) in [5, 5.41) is 9.95. The minimum absolute atomic E-state index is 0.0365. The molecule has 0 unspecified atom stereocenters. The first-order valence-corrected chi connectivity index (χ1v) is 7.50. The number of carboxylic acid groups (broad SMARTS) is 1. The molecule has 2 aromatic heterocycles. The fourth-order valence-electron chi connectivity index (χ4n) is 2.75. The van der Waals surface area contributed by atoms with Crippen molar-refractivity contribution in [3.8, 4) is 0 Å². The van der Waals surface area contributed by atoms with E-state index in [9.17, 15) is 9.90 Å². The highest BCUT2D eigenvalue weighted by molar-refractivity contribution is 7.98. The quantitative estimate of drug-likeness (QED) is 0.685. The van der Waals surface area contributed by atoms with Crippen LogP contribution in [0.2, 0.25) is 0 Å². The monoisotopic (exact) mass is 278 g/mol. The number of thioether (sulfide) groups is 1. The number of fused-ring (bicyclic) bond motifs is 1. The summed E-state index contributed by atoms with van der Waals surface area (Å²) in [6.07, 6.45) is 7.75. The van der Waals surface area contributed by atoms with Gasteiger partial charge in [0.2, 0.25) is 5.76 Å². The Morgan fingerprint density at radius 2 is 2.21 bits per heavy atom. The topological polar surface area (TPSA) is 76.2 Å². The second-order valence-corrected chi connectivity index (χ2v) is 5.47. The number of rotatable bonds is 3. The van der Waals surface area contributed by atoms with E-state index in [1.165, 1.54) is 11.8 Å². The van der Waals surface area contributed by atoms with Gasteiger partial charge in [-0.25, -0.2) is 14.8 Å². The maximum absolute atomic E-state index is 11.4. The highest BCUT2D eigenvalue weighted by Crippen LogP contribution is 2.40. The van der Waals surface area contributed by atoms with Crippen LogP contribution in [0.4, 0.5) is 0 Å². The van der Waals surface area contributed by atoms with E-state index in [4.69, 9.17) is 4.42 Å². The largest absolute Gasteiger partial charge is 0.475 e. The molecule has 2 aromatic rings. The fraction of sp³-hybridized carbons (Fsp3) is 0.462. The molecule has 0 bridgehead atoms. The van der Waals surface area contributed by atoms with Crippen molar-refractivity contribution >= 4 is 28.8 Å². The molecule has 1 aliphatic carbocycles. The lowest BCUT2D eigenvalue weighted by molar-refractivity contribution is 0.0662. The zero-order valence-corrected chi connectivity index (χ0v) is 11.4. The van der Waals surface area contributed by atoms with Crippen LogP contribution < -0.4 is 0 Å². The average molecular weight is 278 g/mol. The summed E-state index contributed by atoms with van der Waals surface area (Å²) >= 11 is 1.44. The van der Waals surface area contributed by atoms with Gasteiger partial charge >= 0.3 is 5.97 Å². The van der Waals surface area contributed by atoms with Gasteiger partial charge in [0.05, 0.1) is 6.20 Å². The highest BCUT2D eigenvalue weighted by atomic mass is 32.2. The van der Waals surface area contributed by atoms with Crippen molar-refractivity contribution < 1.29 is 14.3 Å². The standard InChI is InChI=1S/C13H14N2O3S/c1-19-13-14-6-8-10(15-13)9(7-4-2-3-5-7)11(18-8)12(16)17/h6-7H,2-5H2,1H3,(H,16,17). The van der Waals surface area contributed by atoms with Crippen LogP contribution >= 0.6 is 11.8 Å². The van der Waals surface area contributed by atoms with E-state index in [0.29, 0.717) is 16.3 Å². The van der Waals surface area contributed by atoms with Crippen molar-refractivity contribution in [3.63, 3.8) is 0 Å². The third kappa shape index (κ3) is 2.10. The molecule has 6 heteroatoms. The lowest BCUT2D eigenvalue weighted by Gasteiger charge is -2.07. The zero-order chi connectivity index (χ0) is 13.4. The Balaban J connectivity index is 2.23. The van der Waals surface area contributed by atoms with Gasteiger partial charge in [0.15, 0.2) is 10.7 Å². The number of nitrogens with zero attached hydrogens (tertiary/aromatic N) is 2. The number of aromatic nitrogens is 2. The van der Waals surface area contributed by atoms with Gasteiger partial charge in [-0.15, -0.1) is 0 Å². The van der Waals surface area contributed by atoms with E-state index in [1.807, 2.05) is 6.26 Å². The Hall–Kier alpha value is -1.56. The van der Waals surface area contributed by atoms with E-state index < -0.39 is 5.97 Å². The molecule has 100 valence electrons. The van der Waals surface area contributed by atoms with Crippen molar-refractivity contribution in [2.45, 2.75) is 36.8 Å². The van der Waals surface area contributed by atoms with Gasteiger partial charge in [0.25, 0.3) is 0 Å². The second kappa shape index (κ2) is 4.85. The summed E-state index contributed by atoms with van der Waals surface area (Å²) in [7, 11) is 0. The van der Waals surface area contributed by atoms with Crippen molar-refractivity contribution in [1.82, 2.24) is 9.97 Å². The summed E-state index contributed by atoms with van der Waals surface area (Å²) in [4.78, 5) is 19.9. The predicted molar refractivity (Wildman–Crippen MR) is 71.8 cm³/mol. The highest BCUT2D eigenvalue weighted by Gasteiger charge is 2.29. The summed E-state index contributed by atoms with van der Waals surface area (Å²) in [6.45, 7) is 0. The molecular formula is C13H14N2O3S. The van der Waals surface area contributed by atoms with E-state index >= 15 is 0 Å². The number of aromatic carboxylic acids is 1. The molecule has 0 radical (unpaired) electrons. The third-order valence-electron chi connectivity index (χ3n) is 3.59. The third-order valence-corrected chi connectivity index (χ3v) is 4.15. The lowest BCUT2D eigenvalue weighted by Crippen LogP contribution is -2.03. The van der Waals surface area contributed by atoms with Gasteiger partial charge in [-0.05, 0) is 25.0 Å². The molecule has 0 aromatic carbocycles. The van der Waals surface area contributed by atoms with Gasteiger partial charge in [-0.2, -0.15) is 0 Å². The summed E-state index contributed by atoms with van der Waals surface area (Å²) in [6, 6.07) is 0. The molecule has 1 saturated carbocycles. The van der Waals surface area contributed by atoms with Crippen LogP contribution in [0.5, 0.6) is 0 Å². The first kappa shape index (κ1) is 12.5. The molecule has 0 amide bonds. The lowest BCUT2D eigenvalue weighted by atomic mass is 9.97. The van der Waals surface area contributed by atoms with E-state index in [0.717, 1.165) is 31.2 Å². The predicted octanol–water partition coefficient (Wildman–Crippen LogP) is 3.30. The second-order valence-electron chi connectivity index (χ2n) is 4.70. The number of carboxylic acids is 1. The smallest absolute Gasteiger partial charge is 0.372 e. The Morgan fingerprint density at radius 1 is 1.47 bits per heavy atom. The normalized spacial score (nSPS) is 16.3. The number of carbonyl (C=O) groups is 1. The Labute approximate surface area is 114 Å². The Kier molecular flexibility index (Phi) is 3.18. The van der Waals surface area contributed by atoms with Crippen LogP contribution in [-0.2, 0) is 0 Å². The SMILES string of the molecule is CSc1ncc2oc(C(=O)O)c(C3CCCC3)c2n1. The van der Waals surface area contributed by atoms with Crippen LogP contribution in [-0.4, -0.2) is 27.3 Å². The fourth-order valence-corrected chi connectivity index (χ4v) is 3.09. The Bertz CT molecular complexity index is 632. The van der Waals surface area contributed by atoms with Gasteiger partial charge in [-0.1, -0.05) is 24.6 Å². The molecule has 19 heavy (non-hydrogen) atoms. The van der Waals surface area contributed by atoms with Crippen molar-refractivity contribution in [2.75, 3.05) is 6.26 Å². The maximum atomic E-state index is 11.4. The van der Waals surface area contributed by atoms with Crippen LogP contribution in [0.25, 0.3) is 11.1 Å². The van der Waals surface area contributed by atoms with Crippen LogP contribution in [0.15, 0.2) is 15.8 Å². The van der Waals surface area contributed by atoms with Crippen molar-refractivity contribution in [2.24, 2.45) is 0 Å². The molecule has 5 nitrogen and oxygen atoms in total. The van der Waals surface area contributed by atoms with Gasteiger partial charge in [-0.3, -0.25) is 0 Å². The van der Waals surface area contributed by atoms with E-state index in [-0.39, 0.29) is 11.7 Å². The summed E-state index contributed by atoms with van der Waals surface area (Å²) in [5.41, 5.74) is 1.90. The average Bonchev–Trinajstić information content (AvgIpc) is 3.04. The number of hydrogen-bond donors (Lipinski definition) is 1.